The van der Waals surface area contributed by atoms with E-state index >= 15 is 0 Å². The molecular formula is C13H15ClFNO4S. The van der Waals surface area contributed by atoms with E-state index < -0.39 is 25.7 Å². The van der Waals surface area contributed by atoms with Gasteiger partial charge in [0.1, 0.15) is 5.82 Å². The summed E-state index contributed by atoms with van der Waals surface area (Å²) in [4.78, 5) is 11.6. The summed E-state index contributed by atoms with van der Waals surface area (Å²) < 4.78 is 41.7. The van der Waals surface area contributed by atoms with Gasteiger partial charge in [0, 0.05) is 35.0 Å². The topological polar surface area (TPSA) is 72.5 Å². The summed E-state index contributed by atoms with van der Waals surface area (Å²) in [5, 5.41) is 2.70. The van der Waals surface area contributed by atoms with Crippen LogP contribution in [0.5, 0.6) is 0 Å². The molecule has 1 fully saturated rings. The summed E-state index contributed by atoms with van der Waals surface area (Å²) in [6.45, 7) is 1.29. The first-order valence-electron chi connectivity index (χ1n) is 6.31. The van der Waals surface area contributed by atoms with Gasteiger partial charge in [-0.15, -0.1) is 0 Å². The van der Waals surface area contributed by atoms with Crippen LogP contribution < -0.4 is 5.32 Å². The third-order valence-electron chi connectivity index (χ3n) is 3.58. The van der Waals surface area contributed by atoms with E-state index in [2.05, 4.69) is 5.32 Å². The fourth-order valence-electron chi connectivity index (χ4n) is 2.18. The minimum Gasteiger partial charge on any atom is -0.381 e. The molecule has 0 spiro atoms. The number of ether oxygens (including phenoxy) is 1. The second-order valence-electron chi connectivity index (χ2n) is 5.02. The minimum atomic E-state index is -4.11. The molecule has 1 N–H and O–H groups in total. The van der Waals surface area contributed by atoms with E-state index in [4.69, 9.17) is 15.4 Å². The molecule has 8 heteroatoms. The Morgan fingerprint density at radius 1 is 1.43 bits per heavy atom. The number of halogens is 2. The predicted octanol–water partition coefficient (Wildman–Crippen LogP) is 1.97. The molecule has 1 aromatic carbocycles. The molecule has 0 aromatic heterocycles. The number of nitrogens with one attached hydrogen (secondary N) is 1. The molecule has 0 bridgehead atoms. The molecule has 1 aliphatic carbocycles. The summed E-state index contributed by atoms with van der Waals surface area (Å²) in [5.41, 5.74) is -0.178. The third kappa shape index (κ3) is 3.53. The lowest BCUT2D eigenvalue weighted by Gasteiger charge is -2.34. The number of rotatable bonds is 4. The van der Waals surface area contributed by atoms with Gasteiger partial charge in [0.15, 0.2) is 0 Å². The Balaban J connectivity index is 2.20. The second-order valence-corrected chi connectivity index (χ2v) is 7.55. The third-order valence-corrected chi connectivity index (χ3v) is 5.03. The summed E-state index contributed by atoms with van der Waals surface area (Å²) >= 11 is 0. The van der Waals surface area contributed by atoms with Gasteiger partial charge >= 0.3 is 0 Å². The van der Waals surface area contributed by atoms with Gasteiger partial charge in [0.2, 0.25) is 0 Å². The number of carbonyl (C=O) groups excluding carboxylic acids is 1. The van der Waals surface area contributed by atoms with Crippen LogP contribution in [0.4, 0.5) is 4.39 Å². The van der Waals surface area contributed by atoms with Gasteiger partial charge in [-0.3, -0.25) is 4.79 Å². The van der Waals surface area contributed by atoms with E-state index in [1.165, 1.54) is 6.92 Å². The van der Waals surface area contributed by atoms with Gasteiger partial charge in [0.05, 0.1) is 11.0 Å². The van der Waals surface area contributed by atoms with Crippen LogP contribution in [0.2, 0.25) is 0 Å². The highest BCUT2D eigenvalue weighted by Gasteiger charge is 2.30. The highest BCUT2D eigenvalue weighted by atomic mass is 35.7. The monoisotopic (exact) mass is 335 g/mol. The van der Waals surface area contributed by atoms with E-state index in [9.17, 15) is 17.6 Å². The maximum Gasteiger partial charge on any atom is 0.261 e. The van der Waals surface area contributed by atoms with Crippen LogP contribution in [-0.2, 0) is 13.8 Å². The molecule has 1 saturated carbocycles. The molecule has 1 aliphatic rings. The van der Waals surface area contributed by atoms with Gasteiger partial charge < -0.3 is 10.1 Å². The Labute approximate surface area is 126 Å². The van der Waals surface area contributed by atoms with Crippen molar-refractivity contribution in [2.45, 2.75) is 36.8 Å². The van der Waals surface area contributed by atoms with Gasteiger partial charge in [0.25, 0.3) is 15.0 Å². The van der Waals surface area contributed by atoms with Gasteiger partial charge in [-0.2, -0.15) is 0 Å². The summed E-state index contributed by atoms with van der Waals surface area (Å²) in [7, 11) is 2.73. The van der Waals surface area contributed by atoms with Crippen LogP contribution in [0.25, 0.3) is 0 Å². The molecular weight excluding hydrogens is 321 g/mol. The fourth-order valence-corrected chi connectivity index (χ4v) is 3.39. The zero-order valence-corrected chi connectivity index (χ0v) is 13.1. The van der Waals surface area contributed by atoms with Crippen molar-refractivity contribution in [1.82, 2.24) is 5.32 Å². The molecule has 0 aliphatic heterocycles. The largest absolute Gasteiger partial charge is 0.381 e. The Morgan fingerprint density at radius 3 is 2.57 bits per heavy atom. The Morgan fingerprint density at radius 2 is 2.05 bits per heavy atom. The average Bonchev–Trinajstić information content (AvgIpc) is 2.34. The molecule has 2 rings (SSSR count). The summed E-state index contributed by atoms with van der Waals surface area (Å²) in [6.07, 6.45) is 1.47. The minimum absolute atomic E-state index is 0.0529. The van der Waals surface area contributed by atoms with Gasteiger partial charge in [-0.1, -0.05) is 0 Å². The van der Waals surface area contributed by atoms with Crippen molar-refractivity contribution in [3.63, 3.8) is 0 Å². The Hall–Kier alpha value is -1.18. The van der Waals surface area contributed by atoms with E-state index in [1.54, 1.807) is 7.11 Å². The molecule has 116 valence electrons. The molecule has 0 unspecified atom stereocenters. The van der Waals surface area contributed by atoms with Crippen molar-refractivity contribution >= 4 is 25.6 Å². The number of benzene rings is 1. The zero-order valence-electron chi connectivity index (χ0n) is 11.5. The van der Waals surface area contributed by atoms with Crippen molar-refractivity contribution in [3.8, 4) is 0 Å². The van der Waals surface area contributed by atoms with Crippen LogP contribution in [0, 0.1) is 12.7 Å². The number of hydrogen-bond acceptors (Lipinski definition) is 4. The smallest absolute Gasteiger partial charge is 0.261 e. The fraction of sp³-hybridized carbons (Fsp3) is 0.462. The van der Waals surface area contributed by atoms with Crippen LogP contribution in [0.3, 0.4) is 0 Å². The van der Waals surface area contributed by atoms with Crippen LogP contribution in [0.15, 0.2) is 17.0 Å². The highest BCUT2D eigenvalue weighted by Crippen LogP contribution is 2.25. The highest BCUT2D eigenvalue weighted by molar-refractivity contribution is 8.13. The van der Waals surface area contributed by atoms with Gasteiger partial charge in [-0.05, 0) is 31.9 Å². The second kappa shape index (κ2) is 5.90. The molecule has 0 saturated heterocycles. The molecule has 1 aromatic rings. The van der Waals surface area contributed by atoms with Crippen LogP contribution in [0.1, 0.15) is 28.8 Å². The molecule has 21 heavy (non-hydrogen) atoms. The normalized spacial score (nSPS) is 21.7. The number of amides is 1. The van der Waals surface area contributed by atoms with Crippen LogP contribution in [-0.4, -0.2) is 33.6 Å². The summed E-state index contributed by atoms with van der Waals surface area (Å²) in [6, 6.07) is 2.04. The standard InChI is InChI=1S/C13H15ClFNO4S/c1-7-11(15)3-8(4-12(7)21(14,18)19)13(17)16-9-5-10(6-9)20-2/h3-4,9-10H,5-6H2,1-2H3,(H,16,17). The first-order valence-corrected chi connectivity index (χ1v) is 8.61. The quantitative estimate of drug-likeness (QED) is 0.854. The summed E-state index contributed by atoms with van der Waals surface area (Å²) in [5.74, 6) is -1.32. The van der Waals surface area contributed by atoms with E-state index in [0.717, 1.165) is 12.1 Å². The van der Waals surface area contributed by atoms with Crippen LogP contribution >= 0.6 is 10.7 Å². The van der Waals surface area contributed by atoms with E-state index in [0.29, 0.717) is 12.8 Å². The van der Waals surface area contributed by atoms with Crippen molar-refractivity contribution < 1.29 is 22.3 Å². The lowest BCUT2D eigenvalue weighted by molar-refractivity contribution is 0.0176. The van der Waals surface area contributed by atoms with Crippen molar-refractivity contribution in [2.75, 3.05) is 7.11 Å². The average molecular weight is 336 g/mol. The van der Waals surface area contributed by atoms with Crippen molar-refractivity contribution in [2.24, 2.45) is 0 Å². The van der Waals surface area contributed by atoms with Crippen molar-refractivity contribution in [3.05, 3.63) is 29.1 Å². The molecule has 5 nitrogen and oxygen atoms in total. The zero-order chi connectivity index (χ0) is 15.8. The van der Waals surface area contributed by atoms with E-state index in [1.807, 2.05) is 0 Å². The maximum absolute atomic E-state index is 13.8. The maximum atomic E-state index is 13.8. The SMILES string of the molecule is COC1CC(NC(=O)c2cc(F)c(C)c(S(=O)(=O)Cl)c2)C1. The van der Waals surface area contributed by atoms with E-state index in [-0.39, 0.29) is 23.3 Å². The first-order chi connectivity index (χ1) is 9.72. The Bertz CT molecular complexity index is 671. The number of hydrogen-bond donors (Lipinski definition) is 1. The molecule has 0 atom stereocenters. The molecule has 0 heterocycles. The number of methoxy groups -OCH3 is 1. The molecule has 0 radical (unpaired) electrons. The molecule has 1 amide bonds. The first kappa shape index (κ1) is 16.2. The van der Waals surface area contributed by atoms with Crippen molar-refractivity contribution in [1.29, 1.82) is 0 Å². The lowest BCUT2D eigenvalue weighted by atomic mass is 9.89. The van der Waals surface area contributed by atoms with Gasteiger partial charge in [-0.25, -0.2) is 12.8 Å². The Kier molecular flexibility index (Phi) is 4.55. The predicted molar refractivity (Wildman–Crippen MR) is 75.5 cm³/mol. The number of carbonyl (C=O) groups is 1. The lowest BCUT2D eigenvalue weighted by Crippen LogP contribution is -2.47.